The minimum absolute atomic E-state index is 0.156. The zero-order valence-corrected chi connectivity index (χ0v) is 24.5. The second-order valence-corrected chi connectivity index (χ2v) is 11.4. The largest absolute Gasteiger partial charge is 0.328 e. The van der Waals surface area contributed by atoms with Crippen molar-refractivity contribution in [2.24, 2.45) is 5.14 Å². The van der Waals surface area contributed by atoms with E-state index < -0.39 is 10.0 Å². The molecule has 3 N–H and O–H groups in total. The molecule has 0 aliphatic rings. The third-order valence-electron chi connectivity index (χ3n) is 5.87. The molecule has 0 aliphatic heterocycles. The van der Waals surface area contributed by atoms with E-state index in [1.54, 1.807) is 18.2 Å². The Morgan fingerprint density at radius 3 is 1.97 bits per heavy atom. The lowest BCUT2D eigenvalue weighted by Gasteiger charge is -2.07. The summed E-state index contributed by atoms with van der Waals surface area (Å²) in [5.74, 6) is 0. The van der Waals surface area contributed by atoms with Crippen molar-refractivity contribution < 1.29 is 13.2 Å². The third kappa shape index (κ3) is 8.89. The highest BCUT2D eigenvalue weighted by Gasteiger charge is 2.13. The van der Waals surface area contributed by atoms with Crippen molar-refractivity contribution in [3.05, 3.63) is 130 Å². The van der Waals surface area contributed by atoms with Crippen molar-refractivity contribution in [2.75, 3.05) is 5.32 Å². The molecule has 0 atom stereocenters. The van der Waals surface area contributed by atoms with E-state index in [-0.39, 0.29) is 4.90 Å². The SMILES string of the molecule is Cc1ccc(-c2ccccc2S(N)(=O)=O)cc1.Cc1ccc2cc(Br)ccc2c1.Cc1ccccc1NC=O. The smallest absolute Gasteiger partial charge is 0.238 e. The van der Waals surface area contributed by atoms with Crippen LogP contribution in [0.3, 0.4) is 0 Å². The summed E-state index contributed by atoms with van der Waals surface area (Å²) >= 11 is 3.45. The highest BCUT2D eigenvalue weighted by Crippen LogP contribution is 2.26. The maximum atomic E-state index is 11.5. The molecule has 0 heterocycles. The molecule has 0 spiro atoms. The molecule has 39 heavy (non-hydrogen) atoms. The van der Waals surface area contributed by atoms with Gasteiger partial charge in [0.1, 0.15) is 0 Å². The van der Waals surface area contributed by atoms with Gasteiger partial charge in [-0.3, -0.25) is 4.79 Å². The first-order valence-electron chi connectivity index (χ1n) is 12.2. The van der Waals surface area contributed by atoms with Crippen molar-refractivity contribution >= 4 is 48.8 Å². The molecule has 0 unspecified atom stereocenters. The number of hydrogen-bond donors (Lipinski definition) is 2. The van der Waals surface area contributed by atoms with Crippen LogP contribution in [0.25, 0.3) is 21.9 Å². The molecule has 0 aromatic heterocycles. The number of rotatable bonds is 4. The van der Waals surface area contributed by atoms with E-state index in [1.165, 1.54) is 22.4 Å². The number of carbonyl (C=O) groups excluding carboxylic acids is 1. The Balaban J connectivity index is 0.000000169. The fraction of sp³-hybridized carbons (Fsp3) is 0.0938. The Bertz CT molecular complexity index is 1630. The Hall–Kier alpha value is -3.78. The molecule has 0 radical (unpaired) electrons. The molecule has 0 saturated carbocycles. The molecule has 0 aliphatic carbocycles. The zero-order chi connectivity index (χ0) is 28.4. The maximum absolute atomic E-state index is 11.5. The Kier molecular flexibility index (Phi) is 10.6. The Morgan fingerprint density at radius 1 is 0.718 bits per heavy atom. The molecule has 1 amide bonds. The highest BCUT2D eigenvalue weighted by molar-refractivity contribution is 9.10. The predicted molar refractivity (Wildman–Crippen MR) is 165 cm³/mol. The first-order chi connectivity index (χ1) is 18.6. The van der Waals surface area contributed by atoms with Gasteiger partial charge in [-0.25, -0.2) is 13.6 Å². The minimum atomic E-state index is -3.69. The van der Waals surface area contributed by atoms with Crippen LogP contribution in [0.1, 0.15) is 16.7 Å². The van der Waals surface area contributed by atoms with E-state index in [4.69, 9.17) is 5.14 Å². The van der Waals surface area contributed by atoms with E-state index >= 15 is 0 Å². The summed E-state index contributed by atoms with van der Waals surface area (Å²) in [6, 6.07) is 34.8. The number of benzene rings is 5. The molecule has 7 heteroatoms. The molecule has 5 nitrogen and oxygen atoms in total. The normalized spacial score (nSPS) is 10.5. The second kappa shape index (κ2) is 13.8. The number of hydrogen-bond acceptors (Lipinski definition) is 3. The highest BCUT2D eigenvalue weighted by atomic mass is 79.9. The van der Waals surface area contributed by atoms with Crippen LogP contribution in [-0.2, 0) is 14.8 Å². The lowest BCUT2D eigenvalue weighted by atomic mass is 10.0. The Morgan fingerprint density at radius 2 is 1.31 bits per heavy atom. The summed E-state index contributed by atoms with van der Waals surface area (Å²) in [6.07, 6.45) is 0.683. The van der Waals surface area contributed by atoms with Crippen LogP contribution in [0.4, 0.5) is 5.69 Å². The van der Waals surface area contributed by atoms with Gasteiger partial charge >= 0.3 is 0 Å². The quantitative estimate of drug-likeness (QED) is 0.206. The summed E-state index contributed by atoms with van der Waals surface area (Å²) in [5.41, 5.74) is 5.87. The molecule has 0 saturated heterocycles. The lowest BCUT2D eigenvalue weighted by molar-refractivity contribution is -0.105. The van der Waals surface area contributed by atoms with Crippen molar-refractivity contribution in [3.8, 4) is 11.1 Å². The summed E-state index contributed by atoms with van der Waals surface area (Å²) in [7, 11) is -3.69. The minimum Gasteiger partial charge on any atom is -0.328 e. The van der Waals surface area contributed by atoms with Crippen molar-refractivity contribution in [1.29, 1.82) is 0 Å². The van der Waals surface area contributed by atoms with Crippen LogP contribution in [0, 0.1) is 20.8 Å². The van der Waals surface area contributed by atoms with E-state index in [0.29, 0.717) is 12.0 Å². The van der Waals surface area contributed by atoms with Gasteiger partial charge in [0.2, 0.25) is 16.4 Å². The van der Waals surface area contributed by atoms with Gasteiger partial charge in [-0.1, -0.05) is 112 Å². The van der Waals surface area contributed by atoms with E-state index in [9.17, 15) is 13.2 Å². The van der Waals surface area contributed by atoms with Crippen LogP contribution in [-0.4, -0.2) is 14.8 Å². The molecule has 200 valence electrons. The average molecular weight is 604 g/mol. The van der Waals surface area contributed by atoms with Crippen LogP contribution in [0.5, 0.6) is 0 Å². The monoisotopic (exact) mass is 602 g/mol. The standard InChI is InChI=1S/C13H13NO2S.C11H9Br.C8H9NO/c1-10-6-8-11(9-7-10)12-4-2-3-5-13(12)17(14,15)16;1-8-2-3-10-7-11(12)5-4-9(10)6-8;1-7-4-2-3-5-8(7)9-6-10/h2-9H,1H3,(H2,14,15,16);2-7H,1H3;2-6H,1H3,(H,9,10). The number of nitrogens with two attached hydrogens (primary N) is 1. The molecule has 5 aromatic rings. The first kappa shape index (κ1) is 29.8. The van der Waals surface area contributed by atoms with Gasteiger partial charge in [0.15, 0.2) is 0 Å². The van der Waals surface area contributed by atoms with Crippen LogP contribution >= 0.6 is 15.9 Å². The van der Waals surface area contributed by atoms with Crippen LogP contribution in [0.2, 0.25) is 0 Å². The number of sulfonamides is 1. The van der Waals surface area contributed by atoms with E-state index in [2.05, 4.69) is 64.6 Å². The zero-order valence-electron chi connectivity index (χ0n) is 22.1. The summed E-state index contributed by atoms with van der Waals surface area (Å²) in [4.78, 5) is 10.2. The Labute approximate surface area is 238 Å². The molecule has 0 fully saturated rings. The number of carbonyl (C=O) groups is 1. The van der Waals surface area contributed by atoms with Gasteiger partial charge in [0, 0.05) is 15.7 Å². The fourth-order valence-corrected chi connectivity index (χ4v) is 4.96. The summed E-state index contributed by atoms with van der Waals surface area (Å²) < 4.78 is 24.1. The number of anilines is 1. The summed E-state index contributed by atoms with van der Waals surface area (Å²) in [5, 5.41) is 10.4. The number of nitrogens with one attached hydrogen (secondary N) is 1. The number of halogens is 1. The number of primary sulfonamides is 1. The number of fused-ring (bicyclic) bond motifs is 1. The first-order valence-corrected chi connectivity index (χ1v) is 14.5. The van der Waals surface area contributed by atoms with Crippen LogP contribution in [0.15, 0.2) is 119 Å². The van der Waals surface area contributed by atoms with Gasteiger partial charge in [0.25, 0.3) is 0 Å². The second-order valence-electron chi connectivity index (χ2n) is 8.98. The molecular formula is C32H31BrN2O3S. The van der Waals surface area contributed by atoms with Crippen molar-refractivity contribution in [3.63, 3.8) is 0 Å². The van der Waals surface area contributed by atoms with Crippen molar-refractivity contribution in [1.82, 2.24) is 0 Å². The average Bonchev–Trinajstić information content (AvgIpc) is 2.91. The molecule has 5 rings (SSSR count). The van der Waals surface area contributed by atoms with Gasteiger partial charge in [-0.2, -0.15) is 0 Å². The number of amides is 1. The van der Waals surface area contributed by atoms with Gasteiger partial charge in [0.05, 0.1) is 4.90 Å². The van der Waals surface area contributed by atoms with Gasteiger partial charge in [-0.15, -0.1) is 0 Å². The number of aryl methyl sites for hydroxylation is 3. The van der Waals surface area contributed by atoms with Gasteiger partial charge in [-0.05, 0) is 66.9 Å². The maximum Gasteiger partial charge on any atom is 0.238 e. The third-order valence-corrected chi connectivity index (χ3v) is 7.34. The van der Waals surface area contributed by atoms with Crippen LogP contribution < -0.4 is 10.5 Å². The number of para-hydroxylation sites is 1. The molecular weight excluding hydrogens is 572 g/mol. The fourth-order valence-electron chi connectivity index (χ4n) is 3.82. The molecule has 0 bridgehead atoms. The van der Waals surface area contributed by atoms with Crippen molar-refractivity contribution in [2.45, 2.75) is 25.7 Å². The molecule has 5 aromatic carbocycles. The van der Waals surface area contributed by atoms with Gasteiger partial charge < -0.3 is 5.32 Å². The predicted octanol–water partition coefficient (Wildman–Crippen LogP) is 7.78. The lowest BCUT2D eigenvalue weighted by Crippen LogP contribution is -2.13. The topological polar surface area (TPSA) is 89.3 Å². The van der Waals surface area contributed by atoms with E-state index in [1.807, 2.05) is 62.4 Å². The summed E-state index contributed by atoms with van der Waals surface area (Å²) in [6.45, 7) is 6.04. The van der Waals surface area contributed by atoms with E-state index in [0.717, 1.165) is 26.9 Å².